The van der Waals surface area contributed by atoms with Crippen LogP contribution in [0.5, 0.6) is 11.5 Å². The van der Waals surface area contributed by atoms with E-state index in [1.807, 2.05) is 0 Å². The molecule has 0 aliphatic heterocycles. The first-order valence-corrected chi connectivity index (χ1v) is 8.77. The number of methoxy groups -OCH3 is 1. The molecule has 0 aliphatic rings. The van der Waals surface area contributed by atoms with Gasteiger partial charge < -0.3 is 14.8 Å². The number of amides is 1. The predicted octanol–water partition coefficient (Wildman–Crippen LogP) is 4.90. The molecule has 0 aliphatic carbocycles. The van der Waals surface area contributed by atoms with Crippen LogP contribution in [0.2, 0.25) is 0 Å². The standard InChI is InChI=1S/C20H19F6NO3/c1-29-17-10-13(5-7-16(17)30-12-19(21,22)23)6-8-18(28)27-11-14-3-2-4-15(9-14)20(24,25)26/h2-5,7,9-10H,6,8,11-12H2,1H3,(H,27,28). The number of hydrogen-bond acceptors (Lipinski definition) is 3. The molecule has 2 rings (SSSR count). The summed E-state index contributed by atoms with van der Waals surface area (Å²) < 4.78 is 84.7. The summed E-state index contributed by atoms with van der Waals surface area (Å²) >= 11 is 0. The Bertz CT molecular complexity index is 864. The fourth-order valence-corrected chi connectivity index (χ4v) is 2.55. The number of alkyl halides is 6. The molecule has 0 heterocycles. The van der Waals surface area contributed by atoms with E-state index in [1.54, 1.807) is 0 Å². The number of rotatable bonds is 8. The highest BCUT2D eigenvalue weighted by Crippen LogP contribution is 2.31. The zero-order chi connectivity index (χ0) is 22.4. The summed E-state index contributed by atoms with van der Waals surface area (Å²) in [6.07, 6.45) is -8.66. The summed E-state index contributed by atoms with van der Waals surface area (Å²) in [6.45, 7) is -1.52. The fourth-order valence-electron chi connectivity index (χ4n) is 2.55. The smallest absolute Gasteiger partial charge is 0.422 e. The zero-order valence-corrected chi connectivity index (χ0v) is 15.9. The van der Waals surface area contributed by atoms with E-state index < -0.39 is 24.5 Å². The zero-order valence-electron chi connectivity index (χ0n) is 15.9. The third-order valence-electron chi connectivity index (χ3n) is 4.00. The minimum atomic E-state index is -4.48. The number of nitrogens with one attached hydrogen (secondary N) is 1. The second-order valence-corrected chi connectivity index (χ2v) is 6.36. The average Bonchev–Trinajstić information content (AvgIpc) is 2.68. The number of carbonyl (C=O) groups excluding carboxylic acids is 1. The van der Waals surface area contributed by atoms with E-state index in [-0.39, 0.29) is 36.8 Å². The number of hydrogen-bond donors (Lipinski definition) is 1. The molecule has 0 aromatic heterocycles. The van der Waals surface area contributed by atoms with Gasteiger partial charge in [-0.05, 0) is 41.8 Å². The molecule has 164 valence electrons. The van der Waals surface area contributed by atoms with Gasteiger partial charge in [0, 0.05) is 13.0 Å². The minimum Gasteiger partial charge on any atom is -0.493 e. The van der Waals surface area contributed by atoms with Crippen molar-refractivity contribution >= 4 is 5.91 Å². The minimum absolute atomic E-state index is 0.0326. The maximum atomic E-state index is 12.7. The summed E-state index contributed by atoms with van der Waals surface area (Å²) in [5, 5.41) is 2.54. The average molecular weight is 435 g/mol. The molecule has 0 atom stereocenters. The molecule has 0 saturated carbocycles. The summed E-state index contributed by atoms with van der Waals surface area (Å²) in [5.41, 5.74) is 0.139. The molecular weight excluding hydrogens is 416 g/mol. The second kappa shape index (κ2) is 9.73. The van der Waals surface area contributed by atoms with Crippen LogP contribution >= 0.6 is 0 Å². The predicted molar refractivity (Wildman–Crippen MR) is 96.2 cm³/mol. The van der Waals surface area contributed by atoms with Gasteiger partial charge in [0.05, 0.1) is 12.7 Å². The van der Waals surface area contributed by atoms with Crippen LogP contribution in [0.3, 0.4) is 0 Å². The highest BCUT2D eigenvalue weighted by atomic mass is 19.4. The third-order valence-corrected chi connectivity index (χ3v) is 4.00. The van der Waals surface area contributed by atoms with Gasteiger partial charge in [0.15, 0.2) is 18.1 Å². The van der Waals surface area contributed by atoms with Crippen molar-refractivity contribution in [3.63, 3.8) is 0 Å². The molecular formula is C20H19F6NO3. The summed E-state index contributed by atoms with van der Waals surface area (Å²) in [4.78, 5) is 12.0. The van der Waals surface area contributed by atoms with Crippen molar-refractivity contribution < 1.29 is 40.6 Å². The molecule has 10 heteroatoms. The van der Waals surface area contributed by atoms with Crippen LogP contribution < -0.4 is 14.8 Å². The van der Waals surface area contributed by atoms with Crippen LogP contribution in [-0.4, -0.2) is 25.8 Å². The SMILES string of the molecule is COc1cc(CCC(=O)NCc2cccc(C(F)(F)F)c2)ccc1OCC(F)(F)F. The van der Waals surface area contributed by atoms with Crippen molar-refractivity contribution in [2.24, 2.45) is 0 Å². The normalized spacial score (nSPS) is 11.8. The summed E-state index contributed by atoms with van der Waals surface area (Å²) in [7, 11) is 1.28. The van der Waals surface area contributed by atoms with Gasteiger partial charge in [-0.15, -0.1) is 0 Å². The molecule has 0 spiro atoms. The number of aryl methyl sites for hydroxylation is 1. The first-order valence-electron chi connectivity index (χ1n) is 8.77. The Hall–Kier alpha value is -2.91. The fraction of sp³-hybridized carbons (Fsp3) is 0.350. The lowest BCUT2D eigenvalue weighted by molar-refractivity contribution is -0.153. The van der Waals surface area contributed by atoms with E-state index >= 15 is 0 Å². The third kappa shape index (κ3) is 7.49. The second-order valence-electron chi connectivity index (χ2n) is 6.36. The van der Waals surface area contributed by atoms with Crippen LogP contribution in [0, 0.1) is 0 Å². The first kappa shape index (κ1) is 23.4. The Kier molecular flexibility index (Phi) is 7.58. The quantitative estimate of drug-likeness (QED) is 0.600. The van der Waals surface area contributed by atoms with Gasteiger partial charge >= 0.3 is 12.4 Å². The van der Waals surface area contributed by atoms with Crippen molar-refractivity contribution in [2.75, 3.05) is 13.7 Å². The maximum Gasteiger partial charge on any atom is 0.422 e. The van der Waals surface area contributed by atoms with Crippen molar-refractivity contribution in [1.82, 2.24) is 5.32 Å². The molecule has 0 fully saturated rings. The van der Waals surface area contributed by atoms with Gasteiger partial charge in [-0.3, -0.25) is 4.79 Å². The van der Waals surface area contributed by atoms with Gasteiger partial charge in [-0.25, -0.2) is 0 Å². The Morgan fingerprint density at radius 1 is 0.967 bits per heavy atom. The number of halogens is 6. The molecule has 2 aromatic rings. The Balaban J connectivity index is 1.88. The summed E-state index contributed by atoms with van der Waals surface area (Å²) in [5.74, 6) is -0.363. The van der Waals surface area contributed by atoms with Gasteiger partial charge in [0.2, 0.25) is 5.91 Å². The first-order chi connectivity index (χ1) is 14.0. The van der Waals surface area contributed by atoms with Crippen LogP contribution in [-0.2, 0) is 23.9 Å². The van der Waals surface area contributed by atoms with Gasteiger partial charge in [0.1, 0.15) is 0 Å². The molecule has 4 nitrogen and oxygen atoms in total. The number of carbonyl (C=O) groups is 1. The van der Waals surface area contributed by atoms with E-state index in [2.05, 4.69) is 10.1 Å². The highest BCUT2D eigenvalue weighted by Gasteiger charge is 2.30. The van der Waals surface area contributed by atoms with Gasteiger partial charge in [0.25, 0.3) is 0 Å². The molecule has 0 unspecified atom stereocenters. The lowest BCUT2D eigenvalue weighted by Gasteiger charge is -2.13. The van der Waals surface area contributed by atoms with Crippen LogP contribution in [0.25, 0.3) is 0 Å². The van der Waals surface area contributed by atoms with Gasteiger partial charge in [-0.2, -0.15) is 26.3 Å². The monoisotopic (exact) mass is 435 g/mol. The number of ether oxygens (including phenoxy) is 2. The van der Waals surface area contributed by atoms with Crippen molar-refractivity contribution in [3.05, 3.63) is 59.2 Å². The van der Waals surface area contributed by atoms with Crippen molar-refractivity contribution in [1.29, 1.82) is 0 Å². The van der Waals surface area contributed by atoms with Gasteiger partial charge in [-0.1, -0.05) is 18.2 Å². The van der Waals surface area contributed by atoms with Crippen molar-refractivity contribution in [2.45, 2.75) is 31.7 Å². The maximum absolute atomic E-state index is 12.7. The largest absolute Gasteiger partial charge is 0.493 e. The van der Waals surface area contributed by atoms with Crippen molar-refractivity contribution in [3.8, 4) is 11.5 Å². The molecule has 2 aromatic carbocycles. The number of benzene rings is 2. The Morgan fingerprint density at radius 2 is 1.70 bits per heavy atom. The molecule has 0 bridgehead atoms. The topological polar surface area (TPSA) is 47.6 Å². The van der Waals surface area contributed by atoms with E-state index in [4.69, 9.17) is 4.74 Å². The highest BCUT2D eigenvalue weighted by molar-refractivity contribution is 5.76. The van der Waals surface area contributed by atoms with E-state index in [0.717, 1.165) is 12.1 Å². The molecule has 0 saturated heterocycles. The molecule has 0 radical (unpaired) electrons. The van der Waals surface area contributed by atoms with Crippen LogP contribution in [0.4, 0.5) is 26.3 Å². The summed E-state index contributed by atoms with van der Waals surface area (Å²) in [6, 6.07) is 8.94. The molecule has 1 N–H and O–H groups in total. The van der Waals surface area contributed by atoms with Crippen LogP contribution in [0.15, 0.2) is 42.5 Å². The molecule has 30 heavy (non-hydrogen) atoms. The van der Waals surface area contributed by atoms with E-state index in [9.17, 15) is 31.1 Å². The lowest BCUT2D eigenvalue weighted by Crippen LogP contribution is -2.23. The Labute approximate surface area is 168 Å². The lowest BCUT2D eigenvalue weighted by atomic mass is 10.1. The molecule has 1 amide bonds. The van der Waals surface area contributed by atoms with E-state index in [0.29, 0.717) is 11.1 Å². The van der Waals surface area contributed by atoms with E-state index in [1.165, 1.54) is 37.4 Å². The van der Waals surface area contributed by atoms with Crippen LogP contribution in [0.1, 0.15) is 23.1 Å². The Morgan fingerprint density at radius 3 is 2.33 bits per heavy atom.